The molecule has 0 saturated heterocycles. The van der Waals surface area contributed by atoms with E-state index in [1.165, 1.54) is 5.19 Å². The quantitative estimate of drug-likeness (QED) is 0.679. The Morgan fingerprint density at radius 1 is 1.15 bits per heavy atom. The minimum absolute atomic E-state index is 0.586. The normalized spacial score (nSPS) is 12.2. The summed E-state index contributed by atoms with van der Waals surface area (Å²) in [6.07, 6.45) is 1.73. The Kier molecular flexibility index (Phi) is 2.83. The van der Waals surface area contributed by atoms with Gasteiger partial charge in [0, 0.05) is 0 Å². The van der Waals surface area contributed by atoms with Gasteiger partial charge in [-0.15, -0.1) is 0 Å². The van der Waals surface area contributed by atoms with Gasteiger partial charge in [-0.1, -0.05) is 30.9 Å². The molecule has 0 fully saturated rings. The van der Waals surface area contributed by atoms with Crippen molar-refractivity contribution >= 4 is 24.3 Å². The lowest BCUT2D eigenvalue weighted by Crippen LogP contribution is -2.37. The van der Waals surface area contributed by atoms with Crippen LogP contribution in [-0.2, 0) is 0 Å². The third-order valence-electron chi connectivity index (χ3n) is 3.49. The van der Waals surface area contributed by atoms with Crippen LogP contribution in [0.4, 0.5) is 0 Å². The maximum Gasteiger partial charge on any atom is 0.307 e. The van der Waals surface area contributed by atoms with E-state index in [2.05, 4.69) is 47.8 Å². The lowest BCUT2D eigenvalue weighted by Gasteiger charge is -2.16. The van der Waals surface area contributed by atoms with E-state index in [1.54, 1.807) is 6.20 Å². The molecule has 0 radical (unpaired) electrons. The summed E-state index contributed by atoms with van der Waals surface area (Å²) in [5.41, 5.74) is 2.06. The van der Waals surface area contributed by atoms with Crippen LogP contribution in [0.5, 0.6) is 0 Å². The number of imidazole rings is 1. The average molecular weight is 285 g/mol. The van der Waals surface area contributed by atoms with Gasteiger partial charge in [0.15, 0.2) is 0 Å². The fourth-order valence-corrected chi connectivity index (χ4v) is 3.51. The predicted octanol–water partition coefficient (Wildman–Crippen LogP) is 3.18. The molecule has 4 nitrogen and oxygen atoms in total. The van der Waals surface area contributed by atoms with E-state index in [0.717, 1.165) is 22.6 Å². The highest BCUT2D eigenvalue weighted by Crippen LogP contribution is 2.21. The second-order valence-electron chi connectivity index (χ2n) is 6.20. The van der Waals surface area contributed by atoms with E-state index in [1.807, 2.05) is 18.4 Å². The Labute approximate surface area is 119 Å². The van der Waals surface area contributed by atoms with Crippen molar-refractivity contribution in [1.29, 1.82) is 0 Å². The van der Waals surface area contributed by atoms with E-state index in [4.69, 9.17) is 4.42 Å². The number of hydrogen-bond acceptors (Lipinski definition) is 3. The van der Waals surface area contributed by atoms with E-state index in [9.17, 15) is 0 Å². The standard InChI is InChI=1S/C15H19N3OSi/c1-10-9-16-15(19-10)18-11(2)17-13-8-12(20(3,4)5)6-7-14(13)18/h6-9H,1-5H3. The molecule has 0 unspecified atom stereocenters. The van der Waals surface area contributed by atoms with Crippen molar-refractivity contribution in [3.63, 3.8) is 0 Å². The van der Waals surface area contributed by atoms with Gasteiger partial charge in [0.05, 0.1) is 25.3 Å². The Bertz CT molecular complexity index is 780. The monoisotopic (exact) mass is 285 g/mol. The number of nitrogens with zero attached hydrogens (tertiary/aromatic N) is 3. The predicted molar refractivity (Wildman–Crippen MR) is 83.6 cm³/mol. The Balaban J connectivity index is 2.22. The van der Waals surface area contributed by atoms with Gasteiger partial charge >= 0.3 is 6.01 Å². The number of aromatic nitrogens is 3. The van der Waals surface area contributed by atoms with E-state index in [0.29, 0.717) is 6.01 Å². The highest BCUT2D eigenvalue weighted by atomic mass is 28.3. The van der Waals surface area contributed by atoms with E-state index < -0.39 is 8.07 Å². The summed E-state index contributed by atoms with van der Waals surface area (Å²) in [5, 5.41) is 1.42. The molecule has 0 N–H and O–H groups in total. The fourth-order valence-electron chi connectivity index (χ4n) is 2.35. The zero-order chi connectivity index (χ0) is 14.5. The molecule has 20 heavy (non-hydrogen) atoms. The molecule has 2 heterocycles. The number of aryl methyl sites for hydroxylation is 2. The molecule has 0 bridgehead atoms. The van der Waals surface area contributed by atoms with Crippen molar-refractivity contribution < 1.29 is 4.42 Å². The zero-order valence-electron chi connectivity index (χ0n) is 12.6. The summed E-state index contributed by atoms with van der Waals surface area (Å²) >= 11 is 0. The average Bonchev–Trinajstić information content (AvgIpc) is 2.89. The van der Waals surface area contributed by atoms with Crippen LogP contribution in [-0.4, -0.2) is 22.6 Å². The highest BCUT2D eigenvalue weighted by Gasteiger charge is 2.19. The van der Waals surface area contributed by atoms with Gasteiger partial charge < -0.3 is 4.42 Å². The Hall–Kier alpha value is -1.88. The van der Waals surface area contributed by atoms with Crippen molar-refractivity contribution in [3.05, 3.63) is 36.0 Å². The zero-order valence-corrected chi connectivity index (χ0v) is 13.6. The van der Waals surface area contributed by atoms with Gasteiger partial charge in [-0.2, -0.15) is 0 Å². The third kappa shape index (κ3) is 2.08. The lowest BCUT2D eigenvalue weighted by molar-refractivity contribution is 0.501. The summed E-state index contributed by atoms with van der Waals surface area (Å²) in [6, 6.07) is 7.13. The second-order valence-corrected chi connectivity index (χ2v) is 11.3. The van der Waals surface area contributed by atoms with Crippen LogP contribution in [0, 0.1) is 13.8 Å². The summed E-state index contributed by atoms with van der Waals surface area (Å²) in [7, 11) is -1.32. The Morgan fingerprint density at radius 2 is 1.90 bits per heavy atom. The molecule has 0 aliphatic rings. The number of oxazole rings is 1. The molecule has 0 saturated carbocycles. The first-order valence-electron chi connectivity index (χ1n) is 6.78. The van der Waals surface area contributed by atoms with Gasteiger partial charge in [-0.3, -0.25) is 0 Å². The maximum atomic E-state index is 5.63. The second kappa shape index (κ2) is 4.31. The SMILES string of the molecule is Cc1cnc(-n2c(C)nc3cc([Si](C)(C)C)ccc32)o1. The molecule has 0 aliphatic carbocycles. The molecule has 104 valence electrons. The molecule has 0 amide bonds. The topological polar surface area (TPSA) is 43.9 Å². The highest BCUT2D eigenvalue weighted by molar-refractivity contribution is 6.88. The first kappa shape index (κ1) is 13.1. The summed E-state index contributed by atoms with van der Waals surface area (Å²) < 4.78 is 7.60. The molecule has 0 spiro atoms. The van der Waals surface area contributed by atoms with Crippen LogP contribution >= 0.6 is 0 Å². The molecule has 3 aromatic rings. The van der Waals surface area contributed by atoms with Crippen LogP contribution < -0.4 is 5.19 Å². The van der Waals surface area contributed by atoms with Gasteiger partial charge in [0.2, 0.25) is 0 Å². The maximum absolute atomic E-state index is 5.63. The van der Waals surface area contributed by atoms with Gasteiger partial charge in [-0.05, 0) is 26.0 Å². The van der Waals surface area contributed by atoms with Crippen molar-refractivity contribution in [2.24, 2.45) is 0 Å². The number of benzene rings is 1. The fraction of sp³-hybridized carbons (Fsp3) is 0.333. The van der Waals surface area contributed by atoms with Crippen LogP contribution in [0.3, 0.4) is 0 Å². The molecule has 2 aromatic heterocycles. The lowest BCUT2D eigenvalue weighted by atomic mass is 10.3. The third-order valence-corrected chi connectivity index (χ3v) is 5.53. The molecule has 1 aromatic carbocycles. The van der Waals surface area contributed by atoms with Gasteiger partial charge in [-0.25, -0.2) is 14.5 Å². The molecule has 0 aliphatic heterocycles. The number of fused-ring (bicyclic) bond motifs is 1. The Morgan fingerprint density at radius 3 is 2.50 bits per heavy atom. The summed E-state index contributed by atoms with van der Waals surface area (Å²) in [4.78, 5) is 8.96. The van der Waals surface area contributed by atoms with Crippen molar-refractivity contribution in [2.45, 2.75) is 33.5 Å². The van der Waals surface area contributed by atoms with Gasteiger partial charge in [0.1, 0.15) is 11.6 Å². The van der Waals surface area contributed by atoms with E-state index in [-0.39, 0.29) is 0 Å². The van der Waals surface area contributed by atoms with Crippen molar-refractivity contribution in [3.8, 4) is 6.01 Å². The first-order valence-corrected chi connectivity index (χ1v) is 10.3. The van der Waals surface area contributed by atoms with Crippen molar-refractivity contribution in [2.75, 3.05) is 0 Å². The van der Waals surface area contributed by atoms with Gasteiger partial charge in [0.25, 0.3) is 0 Å². The molecular formula is C15H19N3OSi. The minimum atomic E-state index is -1.32. The summed E-state index contributed by atoms with van der Waals surface area (Å²) in [6.45, 7) is 10.9. The first-order chi connectivity index (χ1) is 9.36. The van der Waals surface area contributed by atoms with Crippen LogP contribution in [0.1, 0.15) is 11.6 Å². The molecule has 5 heteroatoms. The van der Waals surface area contributed by atoms with Crippen molar-refractivity contribution in [1.82, 2.24) is 14.5 Å². The van der Waals surface area contributed by atoms with E-state index >= 15 is 0 Å². The summed E-state index contributed by atoms with van der Waals surface area (Å²) in [5.74, 6) is 1.70. The van der Waals surface area contributed by atoms with Crippen LogP contribution in [0.2, 0.25) is 19.6 Å². The minimum Gasteiger partial charge on any atom is -0.428 e. The molecule has 3 rings (SSSR count). The number of hydrogen-bond donors (Lipinski definition) is 0. The smallest absolute Gasteiger partial charge is 0.307 e. The molecular weight excluding hydrogens is 266 g/mol. The molecule has 0 atom stereocenters. The number of rotatable bonds is 2. The van der Waals surface area contributed by atoms with Crippen LogP contribution in [0.15, 0.2) is 28.8 Å². The van der Waals surface area contributed by atoms with Crippen LogP contribution in [0.25, 0.3) is 17.0 Å². The largest absolute Gasteiger partial charge is 0.428 e.